The van der Waals surface area contributed by atoms with E-state index in [-0.39, 0.29) is 29.9 Å². The molecule has 0 saturated carbocycles. The van der Waals surface area contributed by atoms with E-state index in [2.05, 4.69) is 15.4 Å². The minimum atomic E-state index is -0.0711. The number of nitrogens with zero attached hydrogens (tertiary/aromatic N) is 4. The molecule has 25 heavy (non-hydrogen) atoms. The van der Waals surface area contributed by atoms with Crippen LogP contribution in [0.3, 0.4) is 0 Å². The summed E-state index contributed by atoms with van der Waals surface area (Å²) in [7, 11) is 1.79. The van der Waals surface area contributed by atoms with E-state index < -0.39 is 0 Å². The second kappa shape index (κ2) is 6.31. The molecule has 2 aromatic heterocycles. The molecule has 2 amide bonds. The molecule has 2 aliphatic rings. The van der Waals surface area contributed by atoms with Crippen LogP contribution in [0, 0.1) is 0 Å². The van der Waals surface area contributed by atoms with Crippen molar-refractivity contribution in [3.05, 3.63) is 48.0 Å². The average Bonchev–Trinajstić information content (AvgIpc) is 3.16. The fourth-order valence-corrected chi connectivity index (χ4v) is 4.11. The molecule has 0 radical (unpaired) electrons. The number of carbonyl (C=O) groups is 2. The molecule has 2 bridgehead atoms. The lowest BCUT2D eigenvalue weighted by Gasteiger charge is -2.39. The van der Waals surface area contributed by atoms with Gasteiger partial charge in [0.15, 0.2) is 0 Å². The van der Waals surface area contributed by atoms with E-state index in [1.807, 2.05) is 4.90 Å². The Morgan fingerprint density at radius 1 is 1.08 bits per heavy atom. The molecule has 2 unspecified atom stereocenters. The van der Waals surface area contributed by atoms with Crippen LogP contribution in [0.15, 0.2) is 36.8 Å². The molecule has 2 saturated heterocycles. The number of fused-ring (bicyclic) bond motifs is 2. The second-order valence-electron chi connectivity index (χ2n) is 6.82. The van der Waals surface area contributed by atoms with Crippen LogP contribution < -0.4 is 5.32 Å². The highest BCUT2D eigenvalue weighted by molar-refractivity contribution is 5.94. The Morgan fingerprint density at radius 3 is 2.36 bits per heavy atom. The van der Waals surface area contributed by atoms with Gasteiger partial charge in [-0.1, -0.05) is 0 Å². The fraction of sp³-hybridized carbons (Fsp3) is 0.444. The Hall–Kier alpha value is -2.70. The molecule has 0 aromatic carbocycles. The van der Waals surface area contributed by atoms with E-state index in [1.165, 1.54) is 0 Å². The molecule has 0 spiro atoms. The first-order chi connectivity index (χ1) is 12.1. The molecule has 4 rings (SSSR count). The zero-order chi connectivity index (χ0) is 17.4. The molecule has 130 valence electrons. The van der Waals surface area contributed by atoms with Gasteiger partial charge in [-0.2, -0.15) is 5.10 Å². The number of hydrogen-bond acceptors (Lipinski definition) is 4. The predicted octanol–water partition coefficient (Wildman–Crippen LogP) is 1.38. The number of carbonyl (C=O) groups excluding carboxylic acids is 2. The van der Waals surface area contributed by atoms with Crippen molar-refractivity contribution < 1.29 is 9.59 Å². The summed E-state index contributed by atoms with van der Waals surface area (Å²) >= 11 is 0. The van der Waals surface area contributed by atoms with Crippen LogP contribution in [0.4, 0.5) is 0 Å². The van der Waals surface area contributed by atoms with E-state index in [0.717, 1.165) is 25.7 Å². The molecular weight excluding hydrogens is 318 g/mol. The number of hydrogen-bond donors (Lipinski definition) is 1. The van der Waals surface area contributed by atoms with E-state index >= 15 is 0 Å². The van der Waals surface area contributed by atoms with E-state index in [1.54, 1.807) is 48.5 Å². The van der Waals surface area contributed by atoms with Crippen LogP contribution >= 0.6 is 0 Å². The quantitative estimate of drug-likeness (QED) is 0.916. The largest absolute Gasteiger partial charge is 0.349 e. The van der Waals surface area contributed by atoms with Crippen LogP contribution in [-0.4, -0.2) is 49.6 Å². The first kappa shape index (κ1) is 15.8. The Kier molecular flexibility index (Phi) is 3.99. The van der Waals surface area contributed by atoms with Gasteiger partial charge in [0, 0.05) is 49.3 Å². The third kappa shape index (κ3) is 2.90. The standard InChI is InChI=1S/C18H21N5O2/c1-22-16(6-9-20-22)18(25)23-14-2-3-15(23)11-13(10-14)21-17(24)12-4-7-19-8-5-12/h4-9,13-15H,2-3,10-11H2,1H3,(H,21,24). The summed E-state index contributed by atoms with van der Waals surface area (Å²) in [5.41, 5.74) is 1.24. The maximum Gasteiger partial charge on any atom is 0.272 e. The lowest BCUT2D eigenvalue weighted by atomic mass is 9.96. The lowest BCUT2D eigenvalue weighted by Crippen LogP contribution is -2.52. The maximum absolute atomic E-state index is 12.9. The number of amides is 2. The summed E-state index contributed by atoms with van der Waals surface area (Å²) in [6, 6.07) is 5.66. The lowest BCUT2D eigenvalue weighted by molar-refractivity contribution is 0.0539. The van der Waals surface area contributed by atoms with Gasteiger partial charge in [-0.25, -0.2) is 0 Å². The summed E-state index contributed by atoms with van der Waals surface area (Å²) < 4.78 is 1.62. The normalized spacial score (nSPS) is 25.0. The van der Waals surface area contributed by atoms with Gasteiger partial charge in [-0.15, -0.1) is 0 Å². The number of piperidine rings is 1. The number of aromatic nitrogens is 3. The first-order valence-corrected chi connectivity index (χ1v) is 8.65. The Bertz CT molecular complexity index is 774. The van der Waals surface area contributed by atoms with Crippen LogP contribution in [0.1, 0.15) is 46.5 Å². The Morgan fingerprint density at radius 2 is 1.76 bits per heavy atom. The zero-order valence-corrected chi connectivity index (χ0v) is 14.1. The summed E-state index contributed by atoms with van der Waals surface area (Å²) in [6.45, 7) is 0. The van der Waals surface area contributed by atoms with Gasteiger partial charge >= 0.3 is 0 Å². The van der Waals surface area contributed by atoms with E-state index in [9.17, 15) is 9.59 Å². The molecule has 4 heterocycles. The number of pyridine rings is 1. The van der Waals surface area contributed by atoms with Gasteiger partial charge in [-0.05, 0) is 43.9 Å². The Balaban J connectivity index is 1.44. The molecule has 0 aliphatic carbocycles. The highest BCUT2D eigenvalue weighted by Gasteiger charge is 2.44. The smallest absolute Gasteiger partial charge is 0.272 e. The van der Waals surface area contributed by atoms with Gasteiger partial charge < -0.3 is 10.2 Å². The van der Waals surface area contributed by atoms with Gasteiger partial charge in [0.1, 0.15) is 5.69 Å². The monoisotopic (exact) mass is 339 g/mol. The van der Waals surface area contributed by atoms with Gasteiger partial charge in [0.05, 0.1) is 0 Å². The molecule has 2 aromatic rings. The van der Waals surface area contributed by atoms with Gasteiger partial charge in [0.2, 0.25) is 0 Å². The third-order valence-electron chi connectivity index (χ3n) is 5.29. The number of aryl methyl sites for hydroxylation is 1. The molecule has 1 N–H and O–H groups in total. The highest BCUT2D eigenvalue weighted by atomic mass is 16.2. The van der Waals surface area contributed by atoms with Crippen molar-refractivity contribution in [1.29, 1.82) is 0 Å². The molecule has 7 nitrogen and oxygen atoms in total. The van der Waals surface area contributed by atoms with Crippen LogP contribution in [0.5, 0.6) is 0 Å². The van der Waals surface area contributed by atoms with Crippen molar-refractivity contribution in [1.82, 2.24) is 25.0 Å². The topological polar surface area (TPSA) is 80.1 Å². The maximum atomic E-state index is 12.9. The summed E-state index contributed by atoms with van der Waals surface area (Å²) in [5, 5.41) is 7.22. The van der Waals surface area contributed by atoms with Crippen LogP contribution in [0.2, 0.25) is 0 Å². The number of rotatable bonds is 3. The summed E-state index contributed by atoms with van der Waals surface area (Å²) in [6.07, 6.45) is 8.48. The molecular formula is C18H21N5O2. The molecule has 7 heteroatoms. The number of nitrogens with one attached hydrogen (secondary N) is 1. The van der Waals surface area contributed by atoms with Crippen molar-refractivity contribution in [3.8, 4) is 0 Å². The average molecular weight is 339 g/mol. The predicted molar refractivity (Wildman–Crippen MR) is 90.9 cm³/mol. The van der Waals surface area contributed by atoms with Crippen LogP contribution in [-0.2, 0) is 7.05 Å². The second-order valence-corrected chi connectivity index (χ2v) is 6.82. The summed E-state index contributed by atoms with van der Waals surface area (Å²) in [5.74, 6) is -0.0235. The van der Waals surface area contributed by atoms with E-state index in [4.69, 9.17) is 0 Å². The molecule has 2 aliphatic heterocycles. The molecule has 2 atom stereocenters. The van der Waals surface area contributed by atoms with Crippen molar-refractivity contribution >= 4 is 11.8 Å². The van der Waals surface area contributed by atoms with Crippen molar-refractivity contribution in [2.24, 2.45) is 7.05 Å². The first-order valence-electron chi connectivity index (χ1n) is 8.65. The Labute approximate surface area is 146 Å². The third-order valence-corrected chi connectivity index (χ3v) is 5.29. The SMILES string of the molecule is Cn1nccc1C(=O)N1C2CCC1CC(NC(=O)c1ccncc1)C2. The molecule has 2 fully saturated rings. The zero-order valence-electron chi connectivity index (χ0n) is 14.1. The minimum absolute atomic E-state index is 0.0476. The van der Waals surface area contributed by atoms with Crippen molar-refractivity contribution in [3.63, 3.8) is 0 Å². The van der Waals surface area contributed by atoms with E-state index in [0.29, 0.717) is 11.3 Å². The van der Waals surface area contributed by atoms with Crippen molar-refractivity contribution in [2.45, 2.75) is 43.8 Å². The minimum Gasteiger partial charge on any atom is -0.349 e. The van der Waals surface area contributed by atoms with Gasteiger partial charge in [0.25, 0.3) is 11.8 Å². The highest BCUT2D eigenvalue weighted by Crippen LogP contribution is 2.36. The van der Waals surface area contributed by atoms with Crippen LogP contribution in [0.25, 0.3) is 0 Å². The fourth-order valence-electron chi connectivity index (χ4n) is 4.11. The van der Waals surface area contributed by atoms with Crippen molar-refractivity contribution in [2.75, 3.05) is 0 Å². The summed E-state index contributed by atoms with van der Waals surface area (Å²) in [4.78, 5) is 31.2. The van der Waals surface area contributed by atoms with Gasteiger partial charge in [-0.3, -0.25) is 19.3 Å².